The van der Waals surface area contributed by atoms with Crippen molar-refractivity contribution in [3.63, 3.8) is 0 Å². The summed E-state index contributed by atoms with van der Waals surface area (Å²) in [5.41, 5.74) is 1.43. The number of hydrogen-bond acceptors (Lipinski definition) is 7. The van der Waals surface area contributed by atoms with Gasteiger partial charge in [-0.05, 0) is 49.9 Å². The van der Waals surface area contributed by atoms with E-state index in [9.17, 15) is 34.2 Å². The number of nitrogens with one attached hydrogen (secondary N) is 2. The molecule has 4 N–H and O–H groups in total. The van der Waals surface area contributed by atoms with E-state index in [0.29, 0.717) is 5.56 Å². The average molecular weight is 617 g/mol. The number of aliphatic carboxylic acids is 1. The number of carboxylic acid groups (broad SMARTS) is 1. The van der Waals surface area contributed by atoms with E-state index in [1.165, 1.54) is 22.7 Å². The molecule has 1 aliphatic carbocycles. The Labute approximate surface area is 256 Å². The minimum atomic E-state index is -1.24. The lowest BCUT2D eigenvalue weighted by molar-refractivity contribution is -0.161. The second kappa shape index (κ2) is 10.1. The number of carbonyl (C=O) groups is 4. The van der Waals surface area contributed by atoms with E-state index in [-0.39, 0.29) is 28.7 Å². The van der Waals surface area contributed by atoms with Crippen molar-refractivity contribution < 1.29 is 29.4 Å². The molecule has 3 aliphatic heterocycles. The van der Waals surface area contributed by atoms with E-state index in [4.69, 9.17) is 0 Å². The van der Waals surface area contributed by atoms with Crippen LogP contribution in [0.3, 0.4) is 0 Å². The van der Waals surface area contributed by atoms with Crippen LogP contribution in [0.25, 0.3) is 10.9 Å². The van der Waals surface area contributed by atoms with Gasteiger partial charge < -0.3 is 30.3 Å². The molecule has 1 aromatic heterocycles. The summed E-state index contributed by atoms with van der Waals surface area (Å²) < 4.78 is 1.23. The van der Waals surface area contributed by atoms with Gasteiger partial charge in [-0.2, -0.15) is 0 Å². The van der Waals surface area contributed by atoms with Gasteiger partial charge in [0.1, 0.15) is 34.8 Å². The Morgan fingerprint density at radius 1 is 1.07 bits per heavy atom. The number of β-lactam (4-membered cyclic amide) rings is 1. The van der Waals surface area contributed by atoms with Crippen LogP contribution in [0.15, 0.2) is 53.5 Å². The number of nitrogens with zero attached hydrogens (tertiary/aromatic N) is 2. The highest BCUT2D eigenvalue weighted by atomic mass is 32.2. The van der Waals surface area contributed by atoms with Crippen molar-refractivity contribution in [2.75, 3.05) is 0 Å². The molecule has 3 amide bonds. The van der Waals surface area contributed by atoms with E-state index < -0.39 is 57.4 Å². The third-order valence-corrected chi connectivity index (χ3v) is 11.1. The van der Waals surface area contributed by atoms with Gasteiger partial charge in [0.25, 0.3) is 5.91 Å². The highest BCUT2D eigenvalue weighted by molar-refractivity contribution is 8.01. The molecule has 6 unspecified atom stereocenters. The number of phenols is 1. The summed E-state index contributed by atoms with van der Waals surface area (Å²) in [6.45, 7) is 3.50. The first kappa shape index (κ1) is 28.5. The van der Waals surface area contributed by atoms with Crippen LogP contribution in [-0.4, -0.2) is 65.6 Å². The van der Waals surface area contributed by atoms with Crippen LogP contribution in [-0.2, 0) is 14.4 Å². The molecule has 0 spiro atoms. The molecule has 3 aromatic rings. The van der Waals surface area contributed by atoms with Crippen LogP contribution in [0, 0.1) is 0 Å². The molecule has 228 valence electrons. The van der Waals surface area contributed by atoms with Gasteiger partial charge in [0, 0.05) is 22.9 Å². The molecule has 6 atom stereocenters. The molecule has 12 heteroatoms. The monoisotopic (exact) mass is 616 g/mol. The van der Waals surface area contributed by atoms with Crippen molar-refractivity contribution >= 4 is 46.4 Å². The van der Waals surface area contributed by atoms with Crippen molar-refractivity contribution in [3.05, 3.63) is 75.6 Å². The molecular formula is C32H32N4O7S. The first-order valence-electron chi connectivity index (χ1n) is 14.8. The zero-order valence-electron chi connectivity index (χ0n) is 24.1. The topological polar surface area (TPSA) is 158 Å². The Bertz CT molecular complexity index is 1810. The van der Waals surface area contributed by atoms with Gasteiger partial charge in [0.05, 0.1) is 10.9 Å². The lowest BCUT2D eigenvalue weighted by Crippen LogP contribution is -2.71. The standard InChI is InChI=1S/C32H32N4O7S/c1-32(2)26(31(42)43)36-29(41)23(30(36)44-32)34-28(40)22(15-8-4-3-5-9-15)33-27(39)20-14-35-21-11-7-6-10-17(21)18-12-16(37)13-19(24(18)35)25(20)38/h3-5,8-9,12-14,17,21-23,26,30,37H,6-7,10-11H2,1-2H3,(H,33,39)(H,34,40)(H,42,43). The number of aromatic nitrogens is 1. The molecule has 1 saturated carbocycles. The highest BCUT2D eigenvalue weighted by Gasteiger charge is 2.64. The second-order valence-electron chi connectivity index (χ2n) is 12.6. The fourth-order valence-electron chi connectivity index (χ4n) is 7.56. The summed E-state index contributed by atoms with van der Waals surface area (Å²) in [6.07, 6.45) is 5.46. The van der Waals surface area contributed by atoms with Gasteiger partial charge in [-0.1, -0.05) is 43.2 Å². The number of pyridine rings is 1. The van der Waals surface area contributed by atoms with Crippen LogP contribution in [0.4, 0.5) is 0 Å². The lowest BCUT2D eigenvalue weighted by atomic mass is 9.82. The molecule has 2 aromatic carbocycles. The zero-order chi connectivity index (χ0) is 31.1. The lowest BCUT2D eigenvalue weighted by Gasteiger charge is -2.44. The van der Waals surface area contributed by atoms with Crippen LogP contribution < -0.4 is 16.1 Å². The third-order valence-electron chi connectivity index (χ3n) is 9.51. The largest absolute Gasteiger partial charge is 0.508 e. The Morgan fingerprint density at radius 2 is 1.80 bits per heavy atom. The van der Waals surface area contributed by atoms with Crippen LogP contribution in [0.1, 0.15) is 79.0 Å². The normalized spacial score (nSPS) is 26.8. The van der Waals surface area contributed by atoms with E-state index in [0.717, 1.165) is 36.8 Å². The van der Waals surface area contributed by atoms with Gasteiger partial charge in [0.15, 0.2) is 0 Å². The number of aromatic hydroxyl groups is 1. The summed E-state index contributed by atoms with van der Waals surface area (Å²) >= 11 is 1.31. The first-order valence-corrected chi connectivity index (χ1v) is 15.7. The summed E-state index contributed by atoms with van der Waals surface area (Å²) in [5, 5.41) is 25.4. The van der Waals surface area contributed by atoms with Crippen molar-refractivity contribution in [2.45, 2.75) is 79.7 Å². The molecule has 11 nitrogen and oxygen atoms in total. The Hall–Kier alpha value is -4.32. The van der Waals surface area contributed by atoms with E-state index in [1.54, 1.807) is 56.4 Å². The van der Waals surface area contributed by atoms with Gasteiger partial charge in [-0.3, -0.25) is 19.2 Å². The molecular weight excluding hydrogens is 584 g/mol. The maximum absolute atomic E-state index is 13.8. The molecule has 0 radical (unpaired) electrons. The number of phenolic OH excluding ortho intramolecular Hbond substituents is 1. The van der Waals surface area contributed by atoms with Crippen molar-refractivity contribution in [2.24, 2.45) is 0 Å². The molecule has 2 saturated heterocycles. The number of fused-ring (bicyclic) bond motifs is 4. The molecule has 0 bridgehead atoms. The Balaban J connectivity index is 1.20. The van der Waals surface area contributed by atoms with Gasteiger partial charge in [-0.25, -0.2) is 4.79 Å². The number of benzene rings is 2. The zero-order valence-corrected chi connectivity index (χ0v) is 25.0. The quantitative estimate of drug-likeness (QED) is 0.308. The number of amides is 3. The molecule has 7 rings (SSSR count). The number of carboxylic acids is 1. The minimum absolute atomic E-state index is 0.0289. The van der Waals surface area contributed by atoms with Crippen LogP contribution in [0.2, 0.25) is 0 Å². The van der Waals surface area contributed by atoms with Gasteiger partial charge >= 0.3 is 5.97 Å². The number of carbonyl (C=O) groups excluding carboxylic acids is 3. The summed E-state index contributed by atoms with van der Waals surface area (Å²) in [4.78, 5) is 67.5. The van der Waals surface area contributed by atoms with Gasteiger partial charge in [-0.15, -0.1) is 11.8 Å². The Kier molecular flexibility index (Phi) is 6.54. The molecule has 3 fully saturated rings. The SMILES string of the molecule is CC1(C)SC2C(NC(=O)C(NC(=O)c3cn4c5c(cc(O)cc5c3=O)C3CCCCC34)c3ccccc3)C(=O)N2C1C(=O)O. The molecule has 4 heterocycles. The van der Waals surface area contributed by atoms with E-state index in [1.807, 2.05) is 4.57 Å². The highest BCUT2D eigenvalue weighted by Crippen LogP contribution is 2.51. The number of rotatable bonds is 6. The molecule has 4 aliphatic rings. The summed E-state index contributed by atoms with van der Waals surface area (Å²) in [5.74, 6) is -2.89. The van der Waals surface area contributed by atoms with Gasteiger partial charge in [0.2, 0.25) is 17.2 Å². The Morgan fingerprint density at radius 3 is 2.52 bits per heavy atom. The number of hydrogen-bond donors (Lipinski definition) is 4. The van der Waals surface area contributed by atoms with E-state index >= 15 is 0 Å². The first-order chi connectivity index (χ1) is 21.0. The number of thioether (sulfide) groups is 1. The second-order valence-corrected chi connectivity index (χ2v) is 14.3. The summed E-state index contributed by atoms with van der Waals surface area (Å²) in [7, 11) is 0. The third kappa shape index (κ3) is 4.21. The van der Waals surface area contributed by atoms with Crippen LogP contribution >= 0.6 is 11.8 Å². The van der Waals surface area contributed by atoms with Crippen molar-refractivity contribution in [1.29, 1.82) is 0 Å². The smallest absolute Gasteiger partial charge is 0.327 e. The maximum Gasteiger partial charge on any atom is 0.327 e. The molecule has 44 heavy (non-hydrogen) atoms. The average Bonchev–Trinajstić information content (AvgIpc) is 3.45. The van der Waals surface area contributed by atoms with Crippen molar-refractivity contribution in [3.8, 4) is 5.75 Å². The fourth-order valence-corrected chi connectivity index (χ4v) is 9.18. The van der Waals surface area contributed by atoms with E-state index in [2.05, 4.69) is 10.6 Å². The maximum atomic E-state index is 13.8. The van der Waals surface area contributed by atoms with Crippen LogP contribution in [0.5, 0.6) is 5.75 Å². The summed E-state index contributed by atoms with van der Waals surface area (Å²) in [6, 6.07) is 8.47. The minimum Gasteiger partial charge on any atom is -0.508 e. The fraction of sp³-hybridized carbons (Fsp3) is 0.406. The predicted octanol–water partition coefficient (Wildman–Crippen LogP) is 3.02. The predicted molar refractivity (Wildman–Crippen MR) is 162 cm³/mol. The van der Waals surface area contributed by atoms with Crippen molar-refractivity contribution in [1.82, 2.24) is 20.1 Å².